The maximum atomic E-state index is 5.33. The first-order valence-electron chi connectivity index (χ1n) is 4.72. The number of hydrogen-bond donors (Lipinski definition) is 1. The Morgan fingerprint density at radius 3 is 2.86 bits per heavy atom. The van der Waals surface area contributed by atoms with Gasteiger partial charge in [0.05, 0.1) is 16.8 Å². The lowest BCUT2D eigenvalue weighted by molar-refractivity contribution is 0.0213. The van der Waals surface area contributed by atoms with E-state index in [4.69, 9.17) is 4.74 Å². The highest BCUT2D eigenvalue weighted by molar-refractivity contribution is 7.07. The van der Waals surface area contributed by atoms with Gasteiger partial charge in [-0.15, -0.1) is 11.3 Å². The van der Waals surface area contributed by atoms with Crippen LogP contribution in [0.5, 0.6) is 0 Å². The second kappa shape index (κ2) is 4.87. The molecular formula is C10H18N2OS. The van der Waals surface area contributed by atoms with Crippen LogP contribution in [0.2, 0.25) is 0 Å². The minimum absolute atomic E-state index is 0.121. The van der Waals surface area contributed by atoms with Crippen molar-refractivity contribution in [2.45, 2.75) is 32.4 Å². The third-order valence-electron chi connectivity index (χ3n) is 2.28. The molecule has 1 aromatic heterocycles. The number of nitrogens with one attached hydrogen (secondary N) is 1. The first-order valence-corrected chi connectivity index (χ1v) is 5.66. The molecule has 0 saturated carbocycles. The molecule has 0 amide bonds. The summed E-state index contributed by atoms with van der Waals surface area (Å²) in [4.78, 5) is 4.26. The van der Waals surface area contributed by atoms with Crippen LogP contribution in [0.15, 0.2) is 10.9 Å². The van der Waals surface area contributed by atoms with E-state index in [1.54, 1.807) is 18.4 Å². The van der Waals surface area contributed by atoms with E-state index in [1.807, 2.05) is 5.51 Å². The van der Waals surface area contributed by atoms with Crippen LogP contribution in [0.4, 0.5) is 0 Å². The smallest absolute Gasteiger partial charge is 0.0795 e. The van der Waals surface area contributed by atoms with Gasteiger partial charge in [0.1, 0.15) is 0 Å². The Morgan fingerprint density at radius 1 is 1.64 bits per heavy atom. The van der Waals surface area contributed by atoms with Gasteiger partial charge >= 0.3 is 0 Å². The molecule has 1 N–H and O–H groups in total. The summed E-state index contributed by atoms with van der Waals surface area (Å²) in [6, 6.07) is 0.288. The van der Waals surface area contributed by atoms with Crippen LogP contribution in [0.25, 0.3) is 0 Å². The molecule has 1 rings (SSSR count). The fourth-order valence-electron chi connectivity index (χ4n) is 1.01. The van der Waals surface area contributed by atoms with E-state index in [9.17, 15) is 0 Å². The summed E-state index contributed by atoms with van der Waals surface area (Å²) in [5.41, 5.74) is 2.83. The van der Waals surface area contributed by atoms with Gasteiger partial charge in [-0.05, 0) is 20.8 Å². The van der Waals surface area contributed by atoms with Crippen LogP contribution in [-0.2, 0) is 4.74 Å². The number of nitrogens with zero attached hydrogens (tertiary/aromatic N) is 1. The normalized spacial score (nSPS) is 14.3. The third-order valence-corrected chi connectivity index (χ3v) is 2.89. The predicted molar refractivity (Wildman–Crippen MR) is 59.6 cm³/mol. The lowest BCUT2D eigenvalue weighted by Gasteiger charge is -2.25. The molecule has 0 aliphatic heterocycles. The first-order chi connectivity index (χ1) is 6.55. The minimum atomic E-state index is -0.121. The van der Waals surface area contributed by atoms with E-state index < -0.39 is 0 Å². The number of ether oxygens (including phenoxy) is 1. The molecule has 0 aliphatic carbocycles. The van der Waals surface area contributed by atoms with Gasteiger partial charge in [0.25, 0.3) is 0 Å². The van der Waals surface area contributed by atoms with Gasteiger partial charge < -0.3 is 10.1 Å². The topological polar surface area (TPSA) is 34.1 Å². The number of aromatic nitrogens is 1. The van der Waals surface area contributed by atoms with Crippen molar-refractivity contribution < 1.29 is 4.74 Å². The molecule has 1 unspecified atom stereocenters. The summed E-state index contributed by atoms with van der Waals surface area (Å²) in [6.07, 6.45) is 0. The van der Waals surface area contributed by atoms with Gasteiger partial charge in [-0.2, -0.15) is 0 Å². The van der Waals surface area contributed by atoms with Crippen molar-refractivity contribution in [3.63, 3.8) is 0 Å². The molecular weight excluding hydrogens is 196 g/mol. The molecule has 0 saturated heterocycles. The van der Waals surface area contributed by atoms with E-state index in [2.05, 4.69) is 36.5 Å². The summed E-state index contributed by atoms with van der Waals surface area (Å²) in [5.74, 6) is 0. The minimum Gasteiger partial charge on any atom is -0.377 e. The molecule has 0 aliphatic rings. The van der Waals surface area contributed by atoms with Crippen molar-refractivity contribution in [1.29, 1.82) is 0 Å². The fourth-order valence-corrected chi connectivity index (χ4v) is 1.66. The van der Waals surface area contributed by atoms with E-state index in [1.165, 1.54) is 0 Å². The molecule has 1 heterocycles. The average Bonchev–Trinajstić information content (AvgIpc) is 2.67. The highest BCUT2D eigenvalue weighted by atomic mass is 32.1. The maximum absolute atomic E-state index is 5.33. The fraction of sp³-hybridized carbons (Fsp3) is 0.700. The molecule has 0 fully saturated rings. The van der Waals surface area contributed by atoms with Gasteiger partial charge in [0.15, 0.2) is 0 Å². The lowest BCUT2D eigenvalue weighted by Crippen LogP contribution is -2.37. The standard InChI is InChI=1S/C10H18N2OS/c1-8(9-5-14-7-12-9)11-6-10(2,3)13-4/h5,7-8,11H,6H2,1-4H3. The van der Waals surface area contributed by atoms with Crippen LogP contribution in [0.3, 0.4) is 0 Å². The van der Waals surface area contributed by atoms with Crippen molar-refractivity contribution in [2.24, 2.45) is 0 Å². The molecule has 0 aromatic carbocycles. The summed E-state index contributed by atoms with van der Waals surface area (Å²) in [7, 11) is 1.73. The summed E-state index contributed by atoms with van der Waals surface area (Å²) < 4.78 is 5.33. The van der Waals surface area contributed by atoms with Crippen molar-refractivity contribution in [1.82, 2.24) is 10.3 Å². The van der Waals surface area contributed by atoms with E-state index in [0.717, 1.165) is 12.2 Å². The largest absolute Gasteiger partial charge is 0.377 e. The van der Waals surface area contributed by atoms with Gasteiger partial charge in [0, 0.05) is 25.1 Å². The Hall–Kier alpha value is -0.450. The van der Waals surface area contributed by atoms with Crippen LogP contribution in [0.1, 0.15) is 32.5 Å². The highest BCUT2D eigenvalue weighted by Crippen LogP contribution is 2.13. The number of rotatable bonds is 5. The SMILES string of the molecule is COC(C)(C)CNC(C)c1cscn1. The second-order valence-electron chi connectivity index (χ2n) is 3.98. The second-order valence-corrected chi connectivity index (χ2v) is 4.70. The first kappa shape index (κ1) is 11.6. The molecule has 1 aromatic rings. The zero-order valence-electron chi connectivity index (χ0n) is 9.20. The van der Waals surface area contributed by atoms with Crippen molar-refractivity contribution >= 4 is 11.3 Å². The molecule has 4 heteroatoms. The van der Waals surface area contributed by atoms with Crippen molar-refractivity contribution in [3.05, 3.63) is 16.6 Å². The Morgan fingerprint density at radius 2 is 2.36 bits per heavy atom. The van der Waals surface area contributed by atoms with E-state index in [0.29, 0.717) is 0 Å². The molecule has 0 spiro atoms. The van der Waals surface area contributed by atoms with Gasteiger partial charge in [-0.3, -0.25) is 0 Å². The molecule has 14 heavy (non-hydrogen) atoms. The van der Waals surface area contributed by atoms with E-state index >= 15 is 0 Å². The Balaban J connectivity index is 2.39. The average molecular weight is 214 g/mol. The van der Waals surface area contributed by atoms with Crippen LogP contribution in [0, 0.1) is 0 Å². The zero-order valence-corrected chi connectivity index (χ0v) is 10.0. The lowest BCUT2D eigenvalue weighted by atomic mass is 10.1. The van der Waals surface area contributed by atoms with Crippen LogP contribution >= 0.6 is 11.3 Å². The maximum Gasteiger partial charge on any atom is 0.0795 e. The predicted octanol–water partition coefficient (Wildman–Crippen LogP) is 2.22. The Bertz CT molecular complexity index is 259. The van der Waals surface area contributed by atoms with Crippen LogP contribution in [-0.4, -0.2) is 24.2 Å². The molecule has 3 nitrogen and oxygen atoms in total. The highest BCUT2D eigenvalue weighted by Gasteiger charge is 2.17. The Kier molecular flexibility index (Phi) is 4.04. The molecule has 1 atom stereocenters. The zero-order chi connectivity index (χ0) is 10.6. The number of hydrogen-bond acceptors (Lipinski definition) is 4. The molecule has 80 valence electrons. The van der Waals surface area contributed by atoms with E-state index in [-0.39, 0.29) is 11.6 Å². The third kappa shape index (κ3) is 3.36. The van der Waals surface area contributed by atoms with Gasteiger partial charge in [-0.1, -0.05) is 0 Å². The molecule has 0 radical (unpaired) electrons. The summed E-state index contributed by atoms with van der Waals surface area (Å²) >= 11 is 1.62. The quantitative estimate of drug-likeness (QED) is 0.816. The van der Waals surface area contributed by atoms with Crippen molar-refractivity contribution in [2.75, 3.05) is 13.7 Å². The van der Waals surface area contributed by atoms with Crippen molar-refractivity contribution in [3.8, 4) is 0 Å². The Labute approximate surface area is 89.5 Å². The van der Waals surface area contributed by atoms with Gasteiger partial charge in [0.2, 0.25) is 0 Å². The summed E-state index contributed by atoms with van der Waals surface area (Å²) in [5, 5.41) is 5.46. The monoisotopic (exact) mass is 214 g/mol. The number of methoxy groups -OCH3 is 1. The van der Waals surface area contributed by atoms with Crippen LogP contribution < -0.4 is 5.32 Å². The summed E-state index contributed by atoms with van der Waals surface area (Å²) in [6.45, 7) is 7.06. The van der Waals surface area contributed by atoms with Gasteiger partial charge in [-0.25, -0.2) is 4.98 Å². The molecule has 0 bridgehead atoms. The number of thiazole rings is 1.